The van der Waals surface area contributed by atoms with E-state index in [0.717, 1.165) is 6.42 Å². The summed E-state index contributed by atoms with van der Waals surface area (Å²) in [6.07, 6.45) is 3.78. The Bertz CT molecular complexity index is 256. The molecular weight excluding hydrogens is 190 g/mol. The van der Waals surface area contributed by atoms with E-state index < -0.39 is 6.23 Å². The summed E-state index contributed by atoms with van der Waals surface area (Å²) < 4.78 is 0. The Labute approximate surface area is 92.1 Å². The van der Waals surface area contributed by atoms with Gasteiger partial charge < -0.3 is 10.0 Å². The maximum atomic E-state index is 11.7. The van der Waals surface area contributed by atoms with Crippen LogP contribution in [0.3, 0.4) is 0 Å². The van der Waals surface area contributed by atoms with Crippen LogP contribution in [0.4, 0.5) is 0 Å². The Kier molecular flexibility index (Phi) is 5.94. The molecule has 0 aliphatic rings. The summed E-state index contributed by atoms with van der Waals surface area (Å²) in [6.45, 7) is 9.05. The van der Waals surface area contributed by atoms with Gasteiger partial charge in [-0.2, -0.15) is 0 Å². The van der Waals surface area contributed by atoms with Gasteiger partial charge in [-0.25, -0.2) is 0 Å². The van der Waals surface area contributed by atoms with Crippen LogP contribution in [-0.2, 0) is 4.79 Å². The second-order valence-electron chi connectivity index (χ2n) is 3.88. The highest BCUT2D eigenvalue weighted by molar-refractivity contribution is 5.92. The molecule has 0 aliphatic carbocycles. The molecule has 0 aromatic heterocycles. The summed E-state index contributed by atoms with van der Waals surface area (Å²) in [5, 5.41) is 9.23. The molecule has 2 atom stereocenters. The molecule has 0 fully saturated rings. The molecule has 0 saturated carbocycles. The Morgan fingerprint density at radius 1 is 1.53 bits per heavy atom. The van der Waals surface area contributed by atoms with Crippen molar-refractivity contribution in [1.29, 1.82) is 0 Å². The first-order chi connectivity index (χ1) is 6.90. The van der Waals surface area contributed by atoms with E-state index >= 15 is 0 Å². The average molecular weight is 211 g/mol. The van der Waals surface area contributed by atoms with Gasteiger partial charge in [0.15, 0.2) is 0 Å². The zero-order chi connectivity index (χ0) is 12.0. The van der Waals surface area contributed by atoms with Gasteiger partial charge in [-0.05, 0) is 26.2 Å². The number of rotatable bonds is 5. The van der Waals surface area contributed by atoms with Gasteiger partial charge in [0.25, 0.3) is 5.91 Å². The van der Waals surface area contributed by atoms with E-state index in [1.807, 2.05) is 19.1 Å². The molecule has 1 amide bonds. The van der Waals surface area contributed by atoms with E-state index in [1.165, 1.54) is 4.90 Å². The van der Waals surface area contributed by atoms with Gasteiger partial charge in [0, 0.05) is 12.6 Å². The van der Waals surface area contributed by atoms with Crippen LogP contribution in [-0.4, -0.2) is 29.2 Å². The lowest BCUT2D eigenvalue weighted by molar-refractivity contribution is -0.133. The maximum absolute atomic E-state index is 11.7. The first kappa shape index (κ1) is 13.9. The Morgan fingerprint density at radius 2 is 2.07 bits per heavy atom. The highest BCUT2D eigenvalue weighted by atomic mass is 16.3. The molecule has 0 aromatic carbocycles. The first-order valence-electron chi connectivity index (χ1n) is 5.14. The van der Waals surface area contributed by atoms with Gasteiger partial charge in [-0.15, -0.1) is 6.58 Å². The number of carbonyl (C=O) groups is 1. The fourth-order valence-electron chi connectivity index (χ4n) is 0.994. The number of amides is 1. The standard InChI is InChI=1S/C12H21NO2/c1-6-9(2)7-8-10(3)12(15)13(5)11(4)14/h6,8-9,11,14H,1,7H2,2-5H3. The minimum atomic E-state index is -0.752. The van der Waals surface area contributed by atoms with E-state index in [0.29, 0.717) is 11.5 Å². The van der Waals surface area contributed by atoms with Crippen molar-refractivity contribution in [3.8, 4) is 0 Å². The van der Waals surface area contributed by atoms with Gasteiger partial charge in [0.05, 0.1) is 0 Å². The molecule has 0 rings (SSSR count). The zero-order valence-corrected chi connectivity index (χ0v) is 10.0. The fraction of sp³-hybridized carbons (Fsp3) is 0.583. The lowest BCUT2D eigenvalue weighted by Gasteiger charge is -2.20. The van der Waals surface area contributed by atoms with Crippen molar-refractivity contribution in [1.82, 2.24) is 4.90 Å². The molecule has 2 unspecified atom stereocenters. The van der Waals surface area contributed by atoms with Crippen LogP contribution in [0.1, 0.15) is 27.2 Å². The average Bonchev–Trinajstić information content (AvgIpc) is 2.22. The van der Waals surface area contributed by atoms with Crippen LogP contribution in [0.2, 0.25) is 0 Å². The van der Waals surface area contributed by atoms with Gasteiger partial charge in [-0.3, -0.25) is 4.79 Å². The molecule has 1 N–H and O–H groups in total. The molecule has 0 saturated heterocycles. The van der Waals surface area contributed by atoms with E-state index in [9.17, 15) is 9.90 Å². The van der Waals surface area contributed by atoms with Crippen molar-refractivity contribution in [2.45, 2.75) is 33.4 Å². The lowest BCUT2D eigenvalue weighted by atomic mass is 10.1. The molecule has 0 bridgehead atoms. The number of aliphatic hydroxyl groups excluding tert-OH is 1. The normalized spacial score (nSPS) is 15.7. The molecule has 86 valence electrons. The van der Waals surface area contributed by atoms with Crippen molar-refractivity contribution in [3.63, 3.8) is 0 Å². The van der Waals surface area contributed by atoms with Gasteiger partial charge in [0.2, 0.25) is 0 Å². The molecular formula is C12H21NO2. The smallest absolute Gasteiger partial charge is 0.250 e. The van der Waals surface area contributed by atoms with Crippen molar-refractivity contribution < 1.29 is 9.90 Å². The molecule has 3 nitrogen and oxygen atoms in total. The third kappa shape index (κ3) is 4.79. The maximum Gasteiger partial charge on any atom is 0.250 e. The summed E-state index contributed by atoms with van der Waals surface area (Å²) in [4.78, 5) is 13.0. The Balaban J connectivity index is 4.37. The molecule has 0 spiro atoms. The fourth-order valence-corrected chi connectivity index (χ4v) is 0.994. The molecule has 0 heterocycles. The van der Waals surface area contributed by atoms with Gasteiger partial charge in [-0.1, -0.05) is 19.1 Å². The highest BCUT2D eigenvalue weighted by Gasteiger charge is 2.14. The molecule has 0 aromatic rings. The number of hydrogen-bond donors (Lipinski definition) is 1. The van der Waals surface area contributed by atoms with Crippen molar-refractivity contribution >= 4 is 5.91 Å². The molecule has 0 aliphatic heterocycles. The minimum absolute atomic E-state index is 0.138. The number of nitrogens with zero attached hydrogens (tertiary/aromatic N) is 1. The monoisotopic (exact) mass is 211 g/mol. The topological polar surface area (TPSA) is 40.5 Å². The van der Waals surface area contributed by atoms with Crippen LogP contribution < -0.4 is 0 Å². The second-order valence-corrected chi connectivity index (χ2v) is 3.88. The quantitative estimate of drug-likeness (QED) is 0.429. The number of allylic oxidation sites excluding steroid dienone is 2. The third-order valence-corrected chi connectivity index (χ3v) is 2.42. The van der Waals surface area contributed by atoms with E-state index in [4.69, 9.17) is 0 Å². The van der Waals surface area contributed by atoms with Crippen LogP contribution in [0.15, 0.2) is 24.3 Å². The zero-order valence-electron chi connectivity index (χ0n) is 10.0. The van der Waals surface area contributed by atoms with E-state index in [1.54, 1.807) is 20.9 Å². The van der Waals surface area contributed by atoms with Gasteiger partial charge in [0.1, 0.15) is 6.23 Å². The van der Waals surface area contributed by atoms with Crippen LogP contribution in [0, 0.1) is 5.92 Å². The second kappa shape index (κ2) is 6.40. The molecule has 3 heteroatoms. The first-order valence-corrected chi connectivity index (χ1v) is 5.14. The summed E-state index contributed by atoms with van der Waals surface area (Å²) in [5.41, 5.74) is 0.659. The van der Waals surface area contributed by atoms with E-state index in [-0.39, 0.29) is 5.91 Å². The summed E-state index contributed by atoms with van der Waals surface area (Å²) in [7, 11) is 1.58. The van der Waals surface area contributed by atoms with Crippen molar-refractivity contribution in [3.05, 3.63) is 24.3 Å². The predicted octanol–water partition coefficient (Wildman–Crippen LogP) is 1.94. The SMILES string of the molecule is C=CC(C)CC=C(C)C(=O)N(C)C(C)O. The van der Waals surface area contributed by atoms with Crippen LogP contribution in [0.25, 0.3) is 0 Å². The lowest BCUT2D eigenvalue weighted by Crippen LogP contribution is -2.35. The Morgan fingerprint density at radius 3 is 2.47 bits per heavy atom. The van der Waals surface area contributed by atoms with Crippen LogP contribution in [0.5, 0.6) is 0 Å². The summed E-state index contributed by atoms with van der Waals surface area (Å²) >= 11 is 0. The number of hydrogen-bond acceptors (Lipinski definition) is 2. The number of aliphatic hydroxyl groups is 1. The number of likely N-dealkylation sites (N-methyl/N-ethyl adjacent to an activating group) is 1. The third-order valence-electron chi connectivity index (χ3n) is 2.42. The molecule has 0 radical (unpaired) electrons. The van der Waals surface area contributed by atoms with Gasteiger partial charge >= 0.3 is 0 Å². The van der Waals surface area contributed by atoms with Crippen molar-refractivity contribution in [2.24, 2.45) is 5.92 Å². The largest absolute Gasteiger partial charge is 0.374 e. The predicted molar refractivity (Wildman–Crippen MR) is 62.2 cm³/mol. The van der Waals surface area contributed by atoms with Crippen molar-refractivity contribution in [2.75, 3.05) is 7.05 Å². The summed E-state index contributed by atoms with van der Waals surface area (Å²) in [5.74, 6) is 0.228. The number of carbonyl (C=O) groups excluding carboxylic acids is 1. The molecule has 15 heavy (non-hydrogen) atoms. The van der Waals surface area contributed by atoms with Crippen LogP contribution >= 0.6 is 0 Å². The Hall–Kier alpha value is -1.09. The van der Waals surface area contributed by atoms with E-state index in [2.05, 4.69) is 6.58 Å². The summed E-state index contributed by atoms with van der Waals surface area (Å²) in [6, 6.07) is 0. The highest BCUT2D eigenvalue weighted by Crippen LogP contribution is 2.08. The minimum Gasteiger partial charge on any atom is -0.374 e.